The van der Waals surface area contributed by atoms with Gasteiger partial charge in [-0.1, -0.05) is 23.9 Å². The highest BCUT2D eigenvalue weighted by Gasteiger charge is 2.26. The van der Waals surface area contributed by atoms with E-state index in [1.165, 1.54) is 23.9 Å². The van der Waals surface area contributed by atoms with Gasteiger partial charge in [0, 0.05) is 12.6 Å². The Bertz CT molecular complexity index is 624. The molecule has 3 rings (SSSR count). The van der Waals surface area contributed by atoms with Gasteiger partial charge in [-0.2, -0.15) is 0 Å². The molecule has 5 nitrogen and oxygen atoms in total. The maximum atomic E-state index is 12.8. The number of carbonyl (C=O) groups is 1. The zero-order valence-electron chi connectivity index (χ0n) is 11.3. The van der Waals surface area contributed by atoms with Gasteiger partial charge in [0.25, 0.3) is 0 Å². The topological polar surface area (TPSA) is 59.8 Å². The third kappa shape index (κ3) is 3.81. The molecule has 110 valence electrons. The molecule has 0 saturated heterocycles. The van der Waals surface area contributed by atoms with Gasteiger partial charge in [-0.3, -0.25) is 4.79 Å². The molecular weight excluding hydrogens is 291 g/mol. The fourth-order valence-corrected chi connectivity index (χ4v) is 2.73. The molecular formula is C14H15FN4OS. The third-order valence-electron chi connectivity index (χ3n) is 3.22. The van der Waals surface area contributed by atoms with Crippen molar-refractivity contribution < 1.29 is 9.18 Å². The van der Waals surface area contributed by atoms with Crippen LogP contribution in [0.4, 0.5) is 4.39 Å². The summed E-state index contributed by atoms with van der Waals surface area (Å²) in [5.74, 6) is -0.0539. The van der Waals surface area contributed by atoms with Crippen LogP contribution < -0.4 is 5.32 Å². The number of hydrogen-bond donors (Lipinski definition) is 1. The van der Waals surface area contributed by atoms with Crippen LogP contribution in [0.15, 0.2) is 35.7 Å². The monoisotopic (exact) mass is 306 g/mol. The largest absolute Gasteiger partial charge is 0.351 e. The molecule has 1 aliphatic rings. The second kappa shape index (κ2) is 6.26. The Kier molecular flexibility index (Phi) is 4.19. The number of carbonyl (C=O) groups excluding carboxylic acids is 1. The number of amides is 1. The van der Waals surface area contributed by atoms with Gasteiger partial charge in [0.15, 0.2) is 5.16 Å². The molecule has 0 spiro atoms. The summed E-state index contributed by atoms with van der Waals surface area (Å²) in [5, 5.41) is 11.5. The fraction of sp³-hybridized carbons (Fsp3) is 0.357. The van der Waals surface area contributed by atoms with Crippen molar-refractivity contribution in [1.82, 2.24) is 20.1 Å². The summed E-state index contributed by atoms with van der Waals surface area (Å²) in [6.07, 6.45) is 4.03. The van der Waals surface area contributed by atoms with E-state index in [2.05, 4.69) is 15.5 Å². The number of thioether (sulfide) groups is 1. The Hall–Kier alpha value is -1.89. The molecule has 2 aromatic rings. The Labute approximate surface area is 125 Å². The molecule has 0 atom stereocenters. The van der Waals surface area contributed by atoms with Gasteiger partial charge in [-0.15, -0.1) is 10.2 Å². The lowest BCUT2D eigenvalue weighted by atomic mass is 10.2. The van der Waals surface area contributed by atoms with Crippen LogP contribution in [-0.4, -0.2) is 26.4 Å². The second-order valence-electron chi connectivity index (χ2n) is 4.94. The predicted octanol–water partition coefficient (Wildman–Crippen LogP) is 2.16. The van der Waals surface area contributed by atoms with Crippen molar-refractivity contribution in [3.8, 4) is 0 Å². The van der Waals surface area contributed by atoms with E-state index in [1.807, 2.05) is 4.57 Å². The number of rotatable bonds is 6. The Balaban J connectivity index is 1.45. The van der Waals surface area contributed by atoms with Crippen molar-refractivity contribution in [2.45, 2.75) is 30.6 Å². The van der Waals surface area contributed by atoms with Gasteiger partial charge in [0.05, 0.1) is 5.75 Å². The molecule has 1 fully saturated rings. The van der Waals surface area contributed by atoms with Gasteiger partial charge in [0.1, 0.15) is 12.1 Å². The van der Waals surface area contributed by atoms with E-state index in [4.69, 9.17) is 0 Å². The van der Waals surface area contributed by atoms with Crippen molar-refractivity contribution in [3.05, 3.63) is 42.0 Å². The highest BCUT2D eigenvalue weighted by Crippen LogP contribution is 2.37. The molecule has 1 saturated carbocycles. The van der Waals surface area contributed by atoms with Crippen molar-refractivity contribution in [2.75, 3.05) is 5.75 Å². The minimum absolute atomic E-state index is 0.0744. The number of aromatic nitrogens is 3. The summed E-state index contributed by atoms with van der Waals surface area (Å²) in [7, 11) is 0. The van der Waals surface area contributed by atoms with Gasteiger partial charge in [-0.05, 0) is 30.5 Å². The molecule has 0 radical (unpaired) electrons. The van der Waals surface area contributed by atoms with E-state index >= 15 is 0 Å². The van der Waals surface area contributed by atoms with E-state index in [1.54, 1.807) is 18.5 Å². The van der Waals surface area contributed by atoms with Crippen LogP contribution in [0.1, 0.15) is 24.4 Å². The Morgan fingerprint density at radius 3 is 2.86 bits per heavy atom. The van der Waals surface area contributed by atoms with Gasteiger partial charge in [-0.25, -0.2) is 4.39 Å². The lowest BCUT2D eigenvalue weighted by molar-refractivity contribution is -0.118. The normalized spacial score (nSPS) is 14.1. The SMILES string of the molecule is O=C(CSc1nncn1C1CC1)NCc1ccc(F)cc1. The standard InChI is InChI=1S/C14H15FN4OS/c15-11-3-1-10(2-4-11)7-16-13(20)8-21-14-18-17-9-19(14)12-5-6-12/h1-4,9,12H,5-8H2,(H,16,20). The van der Waals surface area contributed by atoms with Crippen molar-refractivity contribution in [3.63, 3.8) is 0 Å². The molecule has 1 aromatic heterocycles. The summed E-state index contributed by atoms with van der Waals surface area (Å²) in [4.78, 5) is 11.8. The van der Waals surface area contributed by atoms with E-state index in [0.717, 1.165) is 23.6 Å². The average Bonchev–Trinajstić information content (AvgIpc) is 3.23. The maximum Gasteiger partial charge on any atom is 0.230 e. The summed E-state index contributed by atoms with van der Waals surface area (Å²) < 4.78 is 14.8. The summed E-state index contributed by atoms with van der Waals surface area (Å²) in [6, 6.07) is 6.59. The first-order valence-corrected chi connectivity index (χ1v) is 7.74. The molecule has 1 N–H and O–H groups in total. The number of hydrogen-bond acceptors (Lipinski definition) is 4. The lowest BCUT2D eigenvalue weighted by Crippen LogP contribution is -2.24. The first kappa shape index (κ1) is 14.1. The van der Waals surface area contributed by atoms with E-state index in [0.29, 0.717) is 18.3 Å². The molecule has 7 heteroatoms. The predicted molar refractivity (Wildman–Crippen MR) is 77.3 cm³/mol. The Morgan fingerprint density at radius 1 is 1.38 bits per heavy atom. The van der Waals surface area contributed by atoms with Crippen molar-refractivity contribution in [2.24, 2.45) is 0 Å². The summed E-state index contributed by atoms with van der Waals surface area (Å²) in [5.41, 5.74) is 0.871. The molecule has 1 heterocycles. The van der Waals surface area contributed by atoms with Crippen molar-refractivity contribution in [1.29, 1.82) is 0 Å². The first-order valence-electron chi connectivity index (χ1n) is 6.76. The quantitative estimate of drug-likeness (QED) is 0.831. The van der Waals surface area contributed by atoms with Crippen LogP contribution in [0.2, 0.25) is 0 Å². The number of nitrogens with one attached hydrogen (secondary N) is 1. The molecule has 1 aliphatic carbocycles. The smallest absolute Gasteiger partial charge is 0.230 e. The molecule has 21 heavy (non-hydrogen) atoms. The summed E-state index contributed by atoms with van der Waals surface area (Å²) in [6.45, 7) is 0.398. The molecule has 0 aliphatic heterocycles. The zero-order valence-corrected chi connectivity index (χ0v) is 12.1. The second-order valence-corrected chi connectivity index (χ2v) is 5.89. The third-order valence-corrected chi connectivity index (χ3v) is 4.17. The average molecular weight is 306 g/mol. The number of halogens is 1. The van der Waals surface area contributed by atoms with Gasteiger partial charge in [0.2, 0.25) is 5.91 Å². The van der Waals surface area contributed by atoms with Gasteiger partial charge >= 0.3 is 0 Å². The van der Waals surface area contributed by atoms with Crippen LogP contribution >= 0.6 is 11.8 Å². The highest BCUT2D eigenvalue weighted by molar-refractivity contribution is 7.99. The van der Waals surface area contributed by atoms with Crippen LogP contribution in [0, 0.1) is 5.82 Å². The van der Waals surface area contributed by atoms with Crippen LogP contribution in [-0.2, 0) is 11.3 Å². The van der Waals surface area contributed by atoms with Crippen LogP contribution in [0.5, 0.6) is 0 Å². The fourth-order valence-electron chi connectivity index (χ4n) is 1.92. The summed E-state index contributed by atoms with van der Waals surface area (Å²) >= 11 is 1.39. The molecule has 0 unspecified atom stereocenters. The van der Waals surface area contributed by atoms with Crippen molar-refractivity contribution >= 4 is 17.7 Å². The minimum atomic E-state index is -0.278. The Morgan fingerprint density at radius 2 is 2.14 bits per heavy atom. The maximum absolute atomic E-state index is 12.8. The van der Waals surface area contributed by atoms with E-state index < -0.39 is 0 Å². The minimum Gasteiger partial charge on any atom is -0.351 e. The highest BCUT2D eigenvalue weighted by atomic mass is 32.2. The molecule has 1 aromatic carbocycles. The molecule has 0 bridgehead atoms. The lowest BCUT2D eigenvalue weighted by Gasteiger charge is -2.06. The zero-order chi connectivity index (χ0) is 14.7. The number of nitrogens with zero attached hydrogens (tertiary/aromatic N) is 3. The van der Waals surface area contributed by atoms with Gasteiger partial charge < -0.3 is 9.88 Å². The van der Waals surface area contributed by atoms with E-state index in [-0.39, 0.29) is 11.7 Å². The number of benzene rings is 1. The van der Waals surface area contributed by atoms with Crippen LogP contribution in [0.3, 0.4) is 0 Å². The molecule has 1 amide bonds. The van der Waals surface area contributed by atoms with E-state index in [9.17, 15) is 9.18 Å². The first-order chi connectivity index (χ1) is 10.2. The van der Waals surface area contributed by atoms with Crippen LogP contribution in [0.25, 0.3) is 0 Å².